The molecule has 3 aromatic carbocycles. The number of ether oxygens (including phenoxy) is 3. The molecule has 1 aliphatic rings. The van der Waals surface area contributed by atoms with Crippen molar-refractivity contribution in [2.45, 2.75) is 0 Å². The number of esters is 1. The lowest BCUT2D eigenvalue weighted by Crippen LogP contribution is -2.54. The highest BCUT2D eigenvalue weighted by molar-refractivity contribution is 6.39. The fourth-order valence-electron chi connectivity index (χ4n) is 3.52. The number of hydrogen-bond donors (Lipinski definition) is 1. The SMILES string of the molecule is COc1ccc(N2C(=O)NC(=O)/C(=C\c3ccc(OC(=O)/C=C/c4ccccc4)c(OC)c3)C2=O)cc1. The van der Waals surface area contributed by atoms with Crippen molar-refractivity contribution < 1.29 is 33.4 Å². The molecule has 0 spiro atoms. The van der Waals surface area contributed by atoms with E-state index in [9.17, 15) is 19.2 Å². The van der Waals surface area contributed by atoms with E-state index in [0.29, 0.717) is 11.3 Å². The van der Waals surface area contributed by atoms with Gasteiger partial charge in [-0.3, -0.25) is 14.9 Å². The predicted molar refractivity (Wildman–Crippen MR) is 136 cm³/mol. The predicted octanol–water partition coefficient (Wildman–Crippen LogP) is 3.99. The zero-order valence-corrected chi connectivity index (χ0v) is 20.0. The molecule has 1 N–H and O–H groups in total. The van der Waals surface area contributed by atoms with E-state index in [4.69, 9.17) is 14.2 Å². The quantitative estimate of drug-likeness (QED) is 0.227. The molecule has 4 rings (SSSR count). The minimum atomic E-state index is -0.860. The molecule has 9 nitrogen and oxygen atoms in total. The number of methoxy groups -OCH3 is 2. The van der Waals surface area contributed by atoms with E-state index >= 15 is 0 Å². The third kappa shape index (κ3) is 5.73. The van der Waals surface area contributed by atoms with Crippen LogP contribution in [-0.4, -0.2) is 38.0 Å². The van der Waals surface area contributed by atoms with Crippen molar-refractivity contribution in [3.63, 3.8) is 0 Å². The number of anilines is 1. The van der Waals surface area contributed by atoms with Crippen LogP contribution < -0.4 is 24.4 Å². The molecular formula is C28H22N2O7. The fourth-order valence-corrected chi connectivity index (χ4v) is 3.52. The molecule has 1 heterocycles. The number of carbonyl (C=O) groups excluding carboxylic acids is 4. The molecule has 186 valence electrons. The number of urea groups is 1. The van der Waals surface area contributed by atoms with Crippen LogP contribution in [0, 0.1) is 0 Å². The smallest absolute Gasteiger partial charge is 0.336 e. The van der Waals surface area contributed by atoms with E-state index in [1.165, 1.54) is 50.6 Å². The number of rotatable bonds is 7. The normalized spacial score (nSPS) is 14.6. The molecule has 9 heteroatoms. The number of imide groups is 2. The van der Waals surface area contributed by atoms with Gasteiger partial charge in [0.1, 0.15) is 11.3 Å². The van der Waals surface area contributed by atoms with Gasteiger partial charge in [0, 0.05) is 6.08 Å². The Labute approximate surface area is 212 Å². The lowest BCUT2D eigenvalue weighted by Gasteiger charge is -2.26. The summed E-state index contributed by atoms with van der Waals surface area (Å²) in [4.78, 5) is 51.1. The molecule has 0 saturated carbocycles. The number of hydrogen-bond acceptors (Lipinski definition) is 7. The Balaban J connectivity index is 1.56. The molecule has 1 aliphatic heterocycles. The molecule has 0 aromatic heterocycles. The van der Waals surface area contributed by atoms with Crippen molar-refractivity contribution in [2.75, 3.05) is 19.1 Å². The van der Waals surface area contributed by atoms with Crippen molar-refractivity contribution >= 4 is 41.7 Å². The van der Waals surface area contributed by atoms with E-state index < -0.39 is 23.8 Å². The lowest BCUT2D eigenvalue weighted by molar-refractivity contribution is -0.129. The Morgan fingerprint density at radius 1 is 0.838 bits per heavy atom. The van der Waals surface area contributed by atoms with Gasteiger partial charge in [-0.25, -0.2) is 14.5 Å². The maximum absolute atomic E-state index is 13.1. The maximum atomic E-state index is 13.1. The van der Waals surface area contributed by atoms with Crippen molar-refractivity contribution in [2.24, 2.45) is 0 Å². The first-order valence-corrected chi connectivity index (χ1v) is 11.1. The Kier molecular flexibility index (Phi) is 7.44. The Hall–Kier alpha value is -5.18. The summed E-state index contributed by atoms with van der Waals surface area (Å²) in [7, 11) is 2.89. The molecule has 0 atom stereocenters. The molecule has 0 unspecified atom stereocenters. The van der Waals surface area contributed by atoms with Gasteiger partial charge in [0.05, 0.1) is 19.9 Å². The number of barbiturate groups is 1. The second kappa shape index (κ2) is 11.0. The summed E-state index contributed by atoms with van der Waals surface area (Å²) in [6.45, 7) is 0. The van der Waals surface area contributed by atoms with E-state index in [1.807, 2.05) is 30.3 Å². The van der Waals surface area contributed by atoms with Crippen LogP contribution in [0.4, 0.5) is 10.5 Å². The average Bonchev–Trinajstić information content (AvgIpc) is 2.91. The summed E-state index contributed by atoms with van der Waals surface area (Å²) in [5, 5.41) is 2.17. The molecule has 3 aromatic rings. The Morgan fingerprint density at radius 3 is 2.24 bits per heavy atom. The molecular weight excluding hydrogens is 476 g/mol. The molecule has 1 fully saturated rings. The van der Waals surface area contributed by atoms with Gasteiger partial charge >= 0.3 is 12.0 Å². The lowest BCUT2D eigenvalue weighted by atomic mass is 10.1. The van der Waals surface area contributed by atoms with Gasteiger partial charge in [0.25, 0.3) is 11.8 Å². The van der Waals surface area contributed by atoms with Crippen molar-refractivity contribution in [3.05, 3.63) is 95.6 Å². The topological polar surface area (TPSA) is 111 Å². The first kappa shape index (κ1) is 24.9. The van der Waals surface area contributed by atoms with Crippen molar-refractivity contribution in [1.82, 2.24) is 5.32 Å². The first-order chi connectivity index (χ1) is 17.9. The summed E-state index contributed by atoms with van der Waals surface area (Å²) in [5.41, 5.74) is 1.27. The minimum absolute atomic E-state index is 0.154. The third-order valence-corrected chi connectivity index (χ3v) is 5.35. The Bertz CT molecular complexity index is 1410. The van der Waals surface area contributed by atoms with Crippen LogP contribution in [0.25, 0.3) is 12.2 Å². The largest absolute Gasteiger partial charge is 0.497 e. The number of nitrogens with zero attached hydrogens (tertiary/aromatic N) is 1. The highest BCUT2D eigenvalue weighted by atomic mass is 16.6. The molecule has 37 heavy (non-hydrogen) atoms. The Morgan fingerprint density at radius 2 is 1.57 bits per heavy atom. The third-order valence-electron chi connectivity index (χ3n) is 5.35. The maximum Gasteiger partial charge on any atom is 0.336 e. The van der Waals surface area contributed by atoms with Gasteiger partial charge in [-0.15, -0.1) is 0 Å². The van der Waals surface area contributed by atoms with Crippen molar-refractivity contribution in [1.29, 1.82) is 0 Å². The standard InChI is InChI=1S/C28H22N2O7/c1-35-21-12-10-20(11-13-21)30-27(33)22(26(32)29-28(30)34)16-19-8-14-23(24(17-19)36-2)37-25(31)15-9-18-6-4-3-5-7-18/h3-17H,1-2H3,(H,29,32,34)/b15-9+,22-16+. The van der Waals surface area contributed by atoms with Gasteiger partial charge in [0.15, 0.2) is 11.5 Å². The summed E-state index contributed by atoms with van der Waals surface area (Å²) in [6, 6.07) is 19.2. The van der Waals surface area contributed by atoms with Crippen LogP contribution in [-0.2, 0) is 14.4 Å². The van der Waals surface area contributed by atoms with Crippen LogP contribution in [0.15, 0.2) is 84.4 Å². The molecule has 0 aliphatic carbocycles. The molecule has 0 radical (unpaired) electrons. The number of benzene rings is 3. The van der Waals surface area contributed by atoms with Gasteiger partial charge in [-0.05, 0) is 59.7 Å². The van der Waals surface area contributed by atoms with Crippen molar-refractivity contribution in [3.8, 4) is 17.2 Å². The number of carbonyl (C=O) groups is 4. The monoisotopic (exact) mass is 498 g/mol. The number of nitrogens with one attached hydrogen (secondary N) is 1. The highest BCUT2D eigenvalue weighted by Crippen LogP contribution is 2.30. The zero-order valence-electron chi connectivity index (χ0n) is 20.0. The zero-order chi connectivity index (χ0) is 26.4. The molecule has 1 saturated heterocycles. The minimum Gasteiger partial charge on any atom is -0.497 e. The van der Waals surface area contributed by atoms with Crippen LogP contribution in [0.2, 0.25) is 0 Å². The summed E-state index contributed by atoms with van der Waals surface area (Å²) in [5.74, 6) is -1.32. The van der Waals surface area contributed by atoms with E-state index in [-0.39, 0.29) is 22.8 Å². The average molecular weight is 498 g/mol. The van der Waals surface area contributed by atoms with Gasteiger partial charge in [0.2, 0.25) is 0 Å². The van der Waals surface area contributed by atoms with Gasteiger partial charge in [-0.1, -0.05) is 36.4 Å². The van der Waals surface area contributed by atoms with Gasteiger partial charge in [-0.2, -0.15) is 0 Å². The fraction of sp³-hybridized carbons (Fsp3) is 0.0714. The first-order valence-electron chi connectivity index (χ1n) is 11.1. The summed E-state index contributed by atoms with van der Waals surface area (Å²) < 4.78 is 15.8. The van der Waals surface area contributed by atoms with Crippen LogP contribution >= 0.6 is 0 Å². The van der Waals surface area contributed by atoms with E-state index in [2.05, 4.69) is 5.32 Å². The van der Waals surface area contributed by atoms with E-state index in [0.717, 1.165) is 10.5 Å². The van der Waals surface area contributed by atoms with Gasteiger partial charge < -0.3 is 14.2 Å². The second-order valence-corrected chi connectivity index (χ2v) is 7.73. The summed E-state index contributed by atoms with van der Waals surface area (Å²) in [6.07, 6.45) is 4.24. The second-order valence-electron chi connectivity index (χ2n) is 7.73. The molecule has 4 amide bonds. The highest BCUT2D eigenvalue weighted by Gasteiger charge is 2.36. The summed E-state index contributed by atoms with van der Waals surface area (Å²) >= 11 is 0. The molecule has 0 bridgehead atoms. The van der Waals surface area contributed by atoms with Crippen LogP contribution in [0.1, 0.15) is 11.1 Å². The number of amides is 4. The van der Waals surface area contributed by atoms with Crippen LogP contribution in [0.3, 0.4) is 0 Å². The van der Waals surface area contributed by atoms with E-state index in [1.54, 1.807) is 24.3 Å². The van der Waals surface area contributed by atoms with Crippen LogP contribution in [0.5, 0.6) is 17.2 Å².